The molecule has 0 bridgehead atoms. The maximum atomic E-state index is 13.6. The molecule has 5 nitrogen and oxygen atoms in total. The van der Waals surface area contributed by atoms with Crippen molar-refractivity contribution < 1.29 is 14.3 Å². The number of carbonyl (C=O) groups excluding carboxylic acids is 1. The van der Waals surface area contributed by atoms with Gasteiger partial charge in [0.05, 0.1) is 22.5 Å². The molecule has 0 aliphatic carbocycles. The molecule has 1 amide bonds. The van der Waals surface area contributed by atoms with E-state index in [9.17, 15) is 4.79 Å². The number of thiazole rings is 1. The van der Waals surface area contributed by atoms with E-state index in [1.807, 2.05) is 36.4 Å². The van der Waals surface area contributed by atoms with Gasteiger partial charge in [0.25, 0.3) is 5.91 Å². The van der Waals surface area contributed by atoms with Crippen molar-refractivity contribution >= 4 is 38.3 Å². The Balaban J connectivity index is 1.76. The summed E-state index contributed by atoms with van der Waals surface area (Å²) in [7, 11) is 1.59. The van der Waals surface area contributed by atoms with Crippen LogP contribution in [-0.4, -0.2) is 37.3 Å². The van der Waals surface area contributed by atoms with Gasteiger partial charge in [0.1, 0.15) is 6.10 Å². The van der Waals surface area contributed by atoms with Crippen LogP contribution in [0.1, 0.15) is 18.9 Å². The predicted molar refractivity (Wildman–Crippen MR) is 112 cm³/mol. The summed E-state index contributed by atoms with van der Waals surface area (Å²) in [5.41, 5.74) is 2.93. The van der Waals surface area contributed by atoms with E-state index < -0.39 is 6.10 Å². The lowest BCUT2D eigenvalue weighted by molar-refractivity contribution is -0.130. The second-order valence-electron chi connectivity index (χ2n) is 6.94. The summed E-state index contributed by atoms with van der Waals surface area (Å²) in [4.78, 5) is 20.0. The lowest BCUT2D eigenvalue weighted by Crippen LogP contribution is -2.42. The van der Waals surface area contributed by atoms with Crippen molar-refractivity contribution in [1.29, 1.82) is 0 Å². The third-order valence-corrected chi connectivity index (χ3v) is 6.21. The lowest BCUT2D eigenvalue weighted by Gasteiger charge is -2.27. The summed E-state index contributed by atoms with van der Waals surface area (Å²) in [6.07, 6.45) is 1.22. The predicted octanol–water partition coefficient (Wildman–Crippen LogP) is 4.57. The van der Waals surface area contributed by atoms with Gasteiger partial charge < -0.3 is 9.47 Å². The van der Waals surface area contributed by atoms with Crippen LogP contribution in [0.3, 0.4) is 0 Å². The number of rotatable bonds is 6. The topological polar surface area (TPSA) is 51.7 Å². The Hall–Kier alpha value is -2.28. The van der Waals surface area contributed by atoms with E-state index in [1.165, 1.54) is 16.9 Å². The second kappa shape index (κ2) is 8.39. The Morgan fingerprint density at radius 3 is 2.71 bits per heavy atom. The van der Waals surface area contributed by atoms with Crippen LogP contribution in [0.15, 0.2) is 48.5 Å². The molecule has 1 aromatic heterocycles. The van der Waals surface area contributed by atoms with Crippen LogP contribution < -0.4 is 4.90 Å². The van der Waals surface area contributed by atoms with Crippen molar-refractivity contribution in [2.24, 2.45) is 5.92 Å². The summed E-state index contributed by atoms with van der Waals surface area (Å²) in [5.74, 6) is -0.0365. The zero-order valence-electron chi connectivity index (χ0n) is 16.1. The van der Waals surface area contributed by atoms with Gasteiger partial charge in [0, 0.05) is 19.6 Å². The van der Waals surface area contributed by atoms with Crippen LogP contribution in [0.2, 0.25) is 0 Å². The van der Waals surface area contributed by atoms with E-state index in [4.69, 9.17) is 14.5 Å². The van der Waals surface area contributed by atoms with Gasteiger partial charge in [0.15, 0.2) is 5.13 Å². The van der Waals surface area contributed by atoms with E-state index in [-0.39, 0.29) is 11.8 Å². The Morgan fingerprint density at radius 2 is 2.07 bits per heavy atom. The zero-order chi connectivity index (χ0) is 19.5. The highest BCUT2D eigenvalue weighted by atomic mass is 32.1. The number of fused-ring (bicyclic) bond motifs is 1. The molecule has 28 heavy (non-hydrogen) atoms. The van der Waals surface area contributed by atoms with Gasteiger partial charge >= 0.3 is 0 Å². The summed E-state index contributed by atoms with van der Waals surface area (Å²) in [5, 5.41) is 0.663. The molecule has 4 rings (SSSR count). The molecule has 3 aromatic rings. The molecule has 2 aromatic carbocycles. The molecular formula is C22H24N2O3S. The monoisotopic (exact) mass is 396 g/mol. The quantitative estimate of drug-likeness (QED) is 0.612. The van der Waals surface area contributed by atoms with Gasteiger partial charge in [-0.2, -0.15) is 0 Å². The smallest absolute Gasteiger partial charge is 0.262 e. The Kier molecular flexibility index (Phi) is 5.71. The Morgan fingerprint density at radius 1 is 1.29 bits per heavy atom. The maximum absolute atomic E-state index is 13.6. The lowest BCUT2D eigenvalue weighted by atomic mass is 10.00. The molecule has 1 aliphatic heterocycles. The highest BCUT2D eigenvalue weighted by molar-refractivity contribution is 7.22. The zero-order valence-corrected chi connectivity index (χ0v) is 16.9. The molecule has 0 N–H and O–H groups in total. The van der Waals surface area contributed by atoms with Crippen molar-refractivity contribution in [2.45, 2.75) is 25.9 Å². The molecule has 0 radical (unpaired) electrons. The van der Waals surface area contributed by atoms with Crippen LogP contribution in [0.25, 0.3) is 10.2 Å². The minimum atomic E-state index is -0.555. The third kappa shape index (κ3) is 3.68. The van der Waals surface area contributed by atoms with Gasteiger partial charge in [-0.1, -0.05) is 42.5 Å². The number of aryl methyl sites for hydroxylation is 1. The molecule has 0 spiro atoms. The van der Waals surface area contributed by atoms with Crippen molar-refractivity contribution in [3.8, 4) is 0 Å². The number of hydrogen-bond donors (Lipinski definition) is 0. The van der Waals surface area contributed by atoms with Gasteiger partial charge in [-0.15, -0.1) is 0 Å². The average Bonchev–Trinajstić information content (AvgIpc) is 3.39. The van der Waals surface area contributed by atoms with Crippen LogP contribution in [0.4, 0.5) is 10.8 Å². The molecule has 146 valence electrons. The minimum absolute atomic E-state index is 0.0595. The fraction of sp³-hybridized carbons (Fsp3) is 0.364. The first kappa shape index (κ1) is 19.1. The number of nitrogens with zero attached hydrogens (tertiary/aromatic N) is 2. The molecule has 0 saturated carbocycles. The molecular weight excluding hydrogens is 372 g/mol. The van der Waals surface area contributed by atoms with Crippen LogP contribution >= 0.6 is 11.3 Å². The number of para-hydroxylation sites is 1. The molecule has 1 aliphatic rings. The highest BCUT2D eigenvalue weighted by Gasteiger charge is 2.36. The van der Waals surface area contributed by atoms with Gasteiger partial charge in [-0.05, 0) is 42.7 Å². The Labute approximate surface area is 168 Å². The number of carbonyl (C=O) groups is 1. The SMILES string of the molecule is CCc1ccc(N(C(=O)C(OC)C2CCOC2)c2nc3ccccc3s2)cc1. The van der Waals surface area contributed by atoms with Gasteiger partial charge in [-0.3, -0.25) is 9.69 Å². The molecule has 6 heteroatoms. The van der Waals surface area contributed by atoms with Crippen molar-refractivity contribution in [1.82, 2.24) is 4.98 Å². The van der Waals surface area contributed by atoms with E-state index in [0.717, 1.165) is 28.7 Å². The highest BCUT2D eigenvalue weighted by Crippen LogP contribution is 2.35. The van der Waals surface area contributed by atoms with Gasteiger partial charge in [0.2, 0.25) is 0 Å². The molecule has 2 heterocycles. The summed E-state index contributed by atoms with van der Waals surface area (Å²) in [6, 6.07) is 16.0. The minimum Gasteiger partial charge on any atom is -0.381 e. The number of hydrogen-bond acceptors (Lipinski definition) is 5. The summed E-state index contributed by atoms with van der Waals surface area (Å²) in [6.45, 7) is 3.34. The fourth-order valence-electron chi connectivity index (χ4n) is 3.58. The van der Waals surface area contributed by atoms with Gasteiger partial charge in [-0.25, -0.2) is 4.98 Å². The number of methoxy groups -OCH3 is 1. The summed E-state index contributed by atoms with van der Waals surface area (Å²) >= 11 is 1.52. The second-order valence-corrected chi connectivity index (χ2v) is 7.95. The van der Waals surface area contributed by atoms with E-state index in [0.29, 0.717) is 18.3 Å². The number of benzene rings is 2. The molecule has 2 atom stereocenters. The number of amides is 1. The number of aromatic nitrogens is 1. The van der Waals surface area contributed by atoms with E-state index in [1.54, 1.807) is 12.0 Å². The molecule has 2 unspecified atom stereocenters. The first-order valence-electron chi connectivity index (χ1n) is 9.60. The van der Waals surface area contributed by atoms with Crippen molar-refractivity contribution in [2.75, 3.05) is 25.2 Å². The standard InChI is InChI=1S/C22H24N2O3S/c1-3-15-8-10-17(11-9-15)24(21(25)20(26-2)16-12-13-27-14-16)22-23-18-6-4-5-7-19(18)28-22/h4-11,16,20H,3,12-14H2,1-2H3. The largest absolute Gasteiger partial charge is 0.381 e. The number of ether oxygens (including phenoxy) is 2. The van der Waals surface area contributed by atoms with E-state index >= 15 is 0 Å². The average molecular weight is 397 g/mol. The normalized spacial score (nSPS) is 17.7. The van der Waals surface area contributed by atoms with Crippen molar-refractivity contribution in [3.63, 3.8) is 0 Å². The first-order valence-corrected chi connectivity index (χ1v) is 10.4. The summed E-state index contributed by atoms with van der Waals surface area (Å²) < 4.78 is 12.2. The maximum Gasteiger partial charge on any atom is 0.262 e. The number of anilines is 2. The fourth-order valence-corrected chi connectivity index (χ4v) is 4.57. The van der Waals surface area contributed by atoms with E-state index in [2.05, 4.69) is 19.1 Å². The molecule has 1 fully saturated rings. The molecule has 1 saturated heterocycles. The first-order chi connectivity index (χ1) is 13.7. The third-order valence-electron chi connectivity index (χ3n) is 5.19. The van der Waals surface area contributed by atoms with Crippen LogP contribution in [0, 0.1) is 5.92 Å². The van der Waals surface area contributed by atoms with Crippen LogP contribution in [0.5, 0.6) is 0 Å². The van der Waals surface area contributed by atoms with Crippen molar-refractivity contribution in [3.05, 3.63) is 54.1 Å². The van der Waals surface area contributed by atoms with Crippen LogP contribution in [-0.2, 0) is 20.7 Å². The Bertz CT molecular complexity index is 915.